The van der Waals surface area contributed by atoms with Crippen molar-refractivity contribution in [2.75, 3.05) is 4.90 Å². The average Bonchev–Trinajstić information content (AvgIpc) is 3.63. The normalized spacial score (nSPS) is 14.2. The number of hydrogen-bond donors (Lipinski definition) is 0. The van der Waals surface area contributed by atoms with Gasteiger partial charge in [0.1, 0.15) is 0 Å². The third kappa shape index (κ3) is 6.00. The zero-order chi connectivity index (χ0) is 41.9. The molecule has 0 saturated heterocycles. The summed E-state index contributed by atoms with van der Waals surface area (Å²) in [6, 6.07) is 89.3. The fourth-order valence-corrected chi connectivity index (χ4v) is 10.4. The summed E-state index contributed by atoms with van der Waals surface area (Å²) in [5.74, 6) is 0. The molecule has 0 bridgehead atoms. The van der Waals surface area contributed by atoms with Gasteiger partial charge in [-0.2, -0.15) is 0 Å². The van der Waals surface area contributed by atoms with E-state index >= 15 is 0 Å². The molecule has 1 unspecified atom stereocenters. The van der Waals surface area contributed by atoms with Gasteiger partial charge in [0, 0.05) is 22.2 Å². The van der Waals surface area contributed by atoms with Crippen molar-refractivity contribution in [1.82, 2.24) is 0 Å². The number of hydrogen-bond acceptors (Lipinski definition) is 1. The first-order valence-electron chi connectivity index (χ1n) is 21.9. The lowest BCUT2D eigenvalue weighted by atomic mass is 9.74. The van der Waals surface area contributed by atoms with Gasteiger partial charge in [-0.25, -0.2) is 0 Å². The lowest BCUT2D eigenvalue weighted by Crippen LogP contribution is -2.22. The van der Waals surface area contributed by atoms with Crippen molar-refractivity contribution in [3.63, 3.8) is 0 Å². The topological polar surface area (TPSA) is 3.24 Å². The molecule has 1 aliphatic rings. The van der Waals surface area contributed by atoms with Crippen LogP contribution in [-0.4, -0.2) is 0 Å². The van der Waals surface area contributed by atoms with E-state index in [1.54, 1.807) is 0 Å². The van der Waals surface area contributed by atoms with Crippen LogP contribution >= 0.6 is 0 Å². The number of benzene rings is 11. The highest BCUT2D eigenvalue weighted by Gasteiger charge is 2.41. The van der Waals surface area contributed by atoms with Gasteiger partial charge >= 0.3 is 0 Å². The smallest absolute Gasteiger partial charge is 0.0540 e. The molecule has 1 nitrogen and oxygen atoms in total. The maximum Gasteiger partial charge on any atom is 0.0540 e. The molecule has 0 heterocycles. The second-order valence-corrected chi connectivity index (χ2v) is 17.0. The van der Waals surface area contributed by atoms with Crippen LogP contribution in [0.25, 0.3) is 76.8 Å². The van der Waals surface area contributed by atoms with Crippen molar-refractivity contribution in [2.45, 2.75) is 12.3 Å². The largest absolute Gasteiger partial charge is 0.310 e. The third-order valence-corrected chi connectivity index (χ3v) is 13.6. The SMILES string of the molecule is CC1(c2ccccc2)c2ccccc2-c2c(-c3cccc4c(N(c5ccc(-c6ccc7ccccc7c6)cc5)c5ccc(-c6cccc7ccccc67)cc5)cccc34)cccc21. The highest BCUT2D eigenvalue weighted by Crippen LogP contribution is 2.56. The number of anilines is 3. The van der Waals surface area contributed by atoms with Crippen LogP contribution in [0.2, 0.25) is 0 Å². The first kappa shape index (κ1) is 36.8. The molecule has 12 rings (SSSR count). The van der Waals surface area contributed by atoms with Crippen molar-refractivity contribution >= 4 is 49.4 Å². The minimum atomic E-state index is -0.271. The number of rotatable bonds is 7. The Bertz CT molecular complexity index is 3510. The van der Waals surface area contributed by atoms with Crippen molar-refractivity contribution in [1.29, 1.82) is 0 Å². The van der Waals surface area contributed by atoms with Gasteiger partial charge < -0.3 is 4.90 Å². The van der Waals surface area contributed by atoms with E-state index in [4.69, 9.17) is 0 Å². The van der Waals surface area contributed by atoms with Crippen LogP contribution in [-0.2, 0) is 5.41 Å². The lowest BCUT2D eigenvalue weighted by molar-refractivity contribution is 0.714. The lowest BCUT2D eigenvalue weighted by Gasteiger charge is -2.28. The molecule has 1 atom stereocenters. The summed E-state index contributed by atoms with van der Waals surface area (Å²) < 4.78 is 0. The molecule has 11 aromatic rings. The van der Waals surface area contributed by atoms with Gasteiger partial charge in [0.25, 0.3) is 0 Å². The molecule has 1 aliphatic carbocycles. The van der Waals surface area contributed by atoms with Gasteiger partial charge in [-0.1, -0.05) is 206 Å². The fourth-order valence-electron chi connectivity index (χ4n) is 10.4. The molecule has 0 spiro atoms. The van der Waals surface area contributed by atoms with Crippen molar-refractivity contribution in [3.8, 4) is 44.5 Å². The third-order valence-electron chi connectivity index (χ3n) is 13.6. The molecular weight excluding hydrogens is 759 g/mol. The Kier molecular flexibility index (Phi) is 8.69. The Labute approximate surface area is 368 Å². The number of nitrogens with zero attached hydrogens (tertiary/aromatic N) is 1. The Hall–Kier alpha value is -8.00. The van der Waals surface area contributed by atoms with Gasteiger partial charge in [-0.15, -0.1) is 0 Å². The first-order chi connectivity index (χ1) is 31.1. The first-order valence-corrected chi connectivity index (χ1v) is 21.9. The fraction of sp³-hybridized carbons (Fsp3) is 0.0323. The minimum absolute atomic E-state index is 0.271. The van der Waals surface area contributed by atoms with E-state index in [0.29, 0.717) is 0 Å². The Morgan fingerprint density at radius 2 is 0.857 bits per heavy atom. The summed E-state index contributed by atoms with van der Waals surface area (Å²) in [6.07, 6.45) is 0. The molecule has 1 heteroatoms. The molecule has 11 aromatic carbocycles. The molecular formula is C62H43N. The summed E-state index contributed by atoms with van der Waals surface area (Å²) in [4.78, 5) is 2.43. The molecule has 296 valence electrons. The maximum atomic E-state index is 2.43. The molecule has 0 N–H and O–H groups in total. The highest BCUT2D eigenvalue weighted by molar-refractivity contribution is 6.09. The van der Waals surface area contributed by atoms with Gasteiger partial charge in [0.05, 0.1) is 5.69 Å². The molecule has 0 saturated carbocycles. The second-order valence-electron chi connectivity index (χ2n) is 17.0. The van der Waals surface area contributed by atoms with Gasteiger partial charge in [0.2, 0.25) is 0 Å². The summed E-state index contributed by atoms with van der Waals surface area (Å²) in [7, 11) is 0. The van der Waals surface area contributed by atoms with E-state index in [1.165, 1.54) is 93.5 Å². The van der Waals surface area contributed by atoms with Crippen LogP contribution < -0.4 is 4.90 Å². The molecule has 0 aliphatic heterocycles. The molecule has 0 aromatic heterocycles. The molecule has 0 fully saturated rings. The zero-order valence-electron chi connectivity index (χ0n) is 35.0. The quantitative estimate of drug-likeness (QED) is 0.155. The van der Waals surface area contributed by atoms with E-state index in [1.807, 2.05) is 0 Å². The van der Waals surface area contributed by atoms with E-state index in [2.05, 4.69) is 254 Å². The highest BCUT2D eigenvalue weighted by atomic mass is 15.1. The Morgan fingerprint density at radius 3 is 1.68 bits per heavy atom. The Morgan fingerprint density at radius 1 is 0.317 bits per heavy atom. The zero-order valence-corrected chi connectivity index (χ0v) is 35.0. The van der Waals surface area contributed by atoms with Crippen LogP contribution in [0, 0.1) is 0 Å². The minimum Gasteiger partial charge on any atom is -0.310 e. The van der Waals surface area contributed by atoms with Gasteiger partial charge in [0.15, 0.2) is 0 Å². The van der Waals surface area contributed by atoms with E-state index in [9.17, 15) is 0 Å². The van der Waals surface area contributed by atoms with E-state index in [-0.39, 0.29) is 5.41 Å². The second kappa shape index (κ2) is 14.9. The summed E-state index contributed by atoms with van der Waals surface area (Å²) in [6.45, 7) is 2.40. The van der Waals surface area contributed by atoms with Crippen LogP contribution in [0.15, 0.2) is 243 Å². The van der Waals surface area contributed by atoms with Crippen molar-refractivity contribution in [2.24, 2.45) is 0 Å². The standard InChI is InChI=1S/C62H43N/c1-62(48-19-3-2-4-20-48)58-28-10-9-22-57(58)61-56(27-13-29-59(61)62)54-24-12-26-55-53(54)25-14-30-60(55)63(49-37-33-43(34-38-49)47-32-31-42-15-5-6-17-46(42)41-47)50-39-35-45(36-40-50)52-23-11-18-44-16-7-8-21-51(44)52/h2-41H,1H3. The van der Waals surface area contributed by atoms with Crippen molar-refractivity contribution < 1.29 is 0 Å². The monoisotopic (exact) mass is 801 g/mol. The van der Waals surface area contributed by atoms with Gasteiger partial charge in [-0.05, 0) is 131 Å². The predicted molar refractivity (Wildman–Crippen MR) is 267 cm³/mol. The Balaban J connectivity index is 1.02. The van der Waals surface area contributed by atoms with Crippen molar-refractivity contribution in [3.05, 3.63) is 259 Å². The summed E-state index contributed by atoms with van der Waals surface area (Å²) in [5.41, 5.74) is 17.0. The van der Waals surface area contributed by atoms with Gasteiger partial charge in [-0.3, -0.25) is 0 Å². The van der Waals surface area contributed by atoms with E-state index in [0.717, 1.165) is 17.1 Å². The van der Waals surface area contributed by atoms with Crippen LogP contribution in [0.3, 0.4) is 0 Å². The summed E-state index contributed by atoms with van der Waals surface area (Å²) >= 11 is 0. The molecule has 63 heavy (non-hydrogen) atoms. The maximum absolute atomic E-state index is 2.43. The van der Waals surface area contributed by atoms with Crippen LogP contribution in [0.1, 0.15) is 23.6 Å². The average molecular weight is 802 g/mol. The molecule has 0 amide bonds. The van der Waals surface area contributed by atoms with Crippen LogP contribution in [0.4, 0.5) is 17.1 Å². The number of fused-ring (bicyclic) bond motifs is 6. The summed E-state index contributed by atoms with van der Waals surface area (Å²) in [5, 5.41) is 7.42. The predicted octanol–water partition coefficient (Wildman–Crippen LogP) is 17.0. The van der Waals surface area contributed by atoms with E-state index < -0.39 is 0 Å². The van der Waals surface area contributed by atoms with Crippen LogP contribution in [0.5, 0.6) is 0 Å². The molecule has 0 radical (unpaired) electrons.